The minimum Gasteiger partial charge on any atom is -0.497 e. The van der Waals surface area contributed by atoms with E-state index in [0.29, 0.717) is 18.5 Å². The predicted octanol–water partition coefficient (Wildman–Crippen LogP) is 1.90. The number of hydrogen-bond donors (Lipinski definition) is 1. The molecule has 3 rings (SSSR count). The minimum absolute atomic E-state index is 0.0566. The Labute approximate surface area is 170 Å². The zero-order valence-corrected chi connectivity index (χ0v) is 17.0. The maximum Gasteiger partial charge on any atom is 0.282 e. The number of carbonyl (C=O) groups excluding carboxylic acids is 1. The number of methoxy groups -OCH3 is 1. The van der Waals surface area contributed by atoms with Crippen molar-refractivity contribution < 1.29 is 22.3 Å². The van der Waals surface area contributed by atoms with Crippen LogP contribution in [-0.2, 0) is 28.1 Å². The van der Waals surface area contributed by atoms with E-state index in [4.69, 9.17) is 4.74 Å². The molecule has 1 saturated heterocycles. The fourth-order valence-corrected chi connectivity index (χ4v) is 4.74. The lowest BCUT2D eigenvalue weighted by Crippen LogP contribution is -2.52. The van der Waals surface area contributed by atoms with Gasteiger partial charge < -0.3 is 10.1 Å². The Bertz CT molecular complexity index is 950. The van der Waals surface area contributed by atoms with Crippen LogP contribution in [0.15, 0.2) is 48.5 Å². The van der Waals surface area contributed by atoms with Crippen molar-refractivity contribution in [2.75, 3.05) is 26.7 Å². The molecule has 156 valence electrons. The zero-order chi connectivity index (χ0) is 20.9. The Morgan fingerprint density at radius 2 is 1.79 bits per heavy atom. The number of hydrogen-bond acceptors (Lipinski definition) is 4. The van der Waals surface area contributed by atoms with Crippen LogP contribution in [0.3, 0.4) is 0 Å². The number of nitrogens with zero attached hydrogens (tertiary/aromatic N) is 2. The molecule has 1 heterocycles. The third-order valence-electron chi connectivity index (χ3n) is 4.74. The fourth-order valence-electron chi connectivity index (χ4n) is 3.12. The SMILES string of the molecule is COc1ccc(CNC(=O)CN2CCCN(Cc3ccccc3F)S2(=O)=O)cc1. The summed E-state index contributed by atoms with van der Waals surface area (Å²) in [5.41, 5.74) is 1.18. The Balaban J connectivity index is 1.59. The first-order valence-electron chi connectivity index (χ1n) is 9.28. The van der Waals surface area contributed by atoms with Crippen molar-refractivity contribution in [1.29, 1.82) is 0 Å². The second-order valence-corrected chi connectivity index (χ2v) is 8.67. The summed E-state index contributed by atoms with van der Waals surface area (Å²) in [7, 11) is -2.27. The molecule has 1 aliphatic rings. The van der Waals surface area contributed by atoms with E-state index in [1.54, 1.807) is 37.4 Å². The molecule has 0 bridgehead atoms. The molecule has 2 aromatic carbocycles. The summed E-state index contributed by atoms with van der Waals surface area (Å²) in [6, 6.07) is 13.3. The van der Waals surface area contributed by atoms with Gasteiger partial charge in [-0.25, -0.2) is 4.39 Å². The van der Waals surface area contributed by atoms with Crippen molar-refractivity contribution in [3.05, 3.63) is 65.5 Å². The summed E-state index contributed by atoms with van der Waals surface area (Å²) in [6.07, 6.45) is 0.569. The second-order valence-electron chi connectivity index (χ2n) is 6.74. The van der Waals surface area contributed by atoms with Crippen LogP contribution in [0, 0.1) is 5.82 Å². The van der Waals surface area contributed by atoms with Gasteiger partial charge in [0, 0.05) is 31.7 Å². The van der Waals surface area contributed by atoms with Crippen molar-refractivity contribution in [2.24, 2.45) is 0 Å². The zero-order valence-electron chi connectivity index (χ0n) is 16.2. The van der Waals surface area contributed by atoms with Crippen LogP contribution in [0.2, 0.25) is 0 Å². The lowest BCUT2D eigenvalue weighted by Gasteiger charge is -2.34. The number of halogens is 1. The molecule has 0 saturated carbocycles. The number of benzene rings is 2. The summed E-state index contributed by atoms with van der Waals surface area (Å²) >= 11 is 0. The highest BCUT2D eigenvalue weighted by Gasteiger charge is 2.35. The largest absolute Gasteiger partial charge is 0.497 e. The number of amides is 1. The summed E-state index contributed by atoms with van der Waals surface area (Å²) in [4.78, 5) is 12.3. The molecule has 0 radical (unpaired) electrons. The molecule has 0 atom stereocenters. The van der Waals surface area contributed by atoms with Crippen LogP contribution < -0.4 is 10.1 Å². The monoisotopic (exact) mass is 421 g/mol. The molecule has 0 unspecified atom stereocenters. The highest BCUT2D eigenvalue weighted by Crippen LogP contribution is 2.20. The van der Waals surface area contributed by atoms with E-state index in [1.165, 1.54) is 10.4 Å². The van der Waals surface area contributed by atoms with E-state index in [0.717, 1.165) is 15.6 Å². The van der Waals surface area contributed by atoms with Gasteiger partial charge in [0.15, 0.2) is 0 Å². The standard InChI is InChI=1S/C20H24FN3O4S/c1-28-18-9-7-16(8-10-18)13-22-20(25)15-24-12-4-11-23(29(24,26)27)14-17-5-2-3-6-19(17)21/h2-3,5-10H,4,11-15H2,1H3,(H,22,25). The first-order chi connectivity index (χ1) is 13.9. The summed E-state index contributed by atoms with van der Waals surface area (Å²) in [5.74, 6) is -0.122. The minimum atomic E-state index is -3.84. The number of ether oxygens (including phenoxy) is 1. The molecule has 1 fully saturated rings. The van der Waals surface area contributed by atoms with Crippen molar-refractivity contribution >= 4 is 16.1 Å². The molecule has 0 aromatic heterocycles. The first-order valence-corrected chi connectivity index (χ1v) is 10.7. The highest BCUT2D eigenvalue weighted by molar-refractivity contribution is 7.86. The van der Waals surface area contributed by atoms with Gasteiger partial charge in [-0.1, -0.05) is 30.3 Å². The molecule has 29 heavy (non-hydrogen) atoms. The van der Waals surface area contributed by atoms with Crippen molar-refractivity contribution in [2.45, 2.75) is 19.5 Å². The summed E-state index contributed by atoms with van der Waals surface area (Å²) in [6.45, 7) is 0.508. The topological polar surface area (TPSA) is 79.0 Å². The van der Waals surface area contributed by atoms with Gasteiger partial charge in [-0.05, 0) is 30.2 Å². The van der Waals surface area contributed by atoms with Crippen molar-refractivity contribution in [3.8, 4) is 5.75 Å². The van der Waals surface area contributed by atoms with E-state index < -0.39 is 21.9 Å². The molecule has 1 aliphatic heterocycles. The van der Waals surface area contributed by atoms with Crippen LogP contribution in [0.4, 0.5) is 4.39 Å². The molecule has 2 aromatic rings. The molecular formula is C20H24FN3O4S. The van der Waals surface area contributed by atoms with Gasteiger partial charge in [-0.15, -0.1) is 0 Å². The van der Waals surface area contributed by atoms with Gasteiger partial charge in [0.2, 0.25) is 5.91 Å². The van der Waals surface area contributed by atoms with E-state index in [-0.39, 0.29) is 26.2 Å². The Morgan fingerprint density at radius 1 is 1.10 bits per heavy atom. The molecular weight excluding hydrogens is 397 g/mol. The molecule has 0 aliphatic carbocycles. The van der Waals surface area contributed by atoms with Crippen LogP contribution in [0.25, 0.3) is 0 Å². The smallest absolute Gasteiger partial charge is 0.282 e. The Hall–Kier alpha value is -2.49. The molecule has 1 amide bonds. The maximum atomic E-state index is 13.9. The third-order valence-corrected chi connectivity index (χ3v) is 6.67. The summed E-state index contributed by atoms with van der Waals surface area (Å²) in [5, 5.41) is 2.73. The average molecular weight is 421 g/mol. The quantitative estimate of drug-likeness (QED) is 0.741. The van der Waals surface area contributed by atoms with Crippen LogP contribution in [-0.4, -0.2) is 49.7 Å². The van der Waals surface area contributed by atoms with Gasteiger partial charge in [0.1, 0.15) is 11.6 Å². The normalized spacial score (nSPS) is 17.0. The van der Waals surface area contributed by atoms with Crippen LogP contribution in [0.1, 0.15) is 17.5 Å². The van der Waals surface area contributed by atoms with Crippen LogP contribution in [0.5, 0.6) is 5.75 Å². The first kappa shape index (κ1) is 21.2. The number of carbonyl (C=O) groups is 1. The van der Waals surface area contributed by atoms with Gasteiger partial charge in [-0.2, -0.15) is 17.0 Å². The molecule has 7 nitrogen and oxygen atoms in total. The highest BCUT2D eigenvalue weighted by atomic mass is 32.2. The van der Waals surface area contributed by atoms with E-state index >= 15 is 0 Å². The van der Waals surface area contributed by atoms with Gasteiger partial charge in [0.05, 0.1) is 13.7 Å². The molecule has 0 spiro atoms. The van der Waals surface area contributed by atoms with Crippen molar-refractivity contribution in [3.63, 3.8) is 0 Å². The molecule has 9 heteroatoms. The van der Waals surface area contributed by atoms with Crippen LogP contribution >= 0.6 is 0 Å². The van der Waals surface area contributed by atoms with Gasteiger partial charge in [0.25, 0.3) is 10.2 Å². The Morgan fingerprint density at radius 3 is 2.48 bits per heavy atom. The number of rotatable bonds is 7. The van der Waals surface area contributed by atoms with E-state index in [9.17, 15) is 17.6 Å². The lowest BCUT2D eigenvalue weighted by atomic mass is 10.2. The maximum absolute atomic E-state index is 13.9. The number of nitrogens with one attached hydrogen (secondary N) is 1. The van der Waals surface area contributed by atoms with Gasteiger partial charge in [-0.3, -0.25) is 4.79 Å². The summed E-state index contributed by atoms with van der Waals surface area (Å²) < 4.78 is 47.0. The lowest BCUT2D eigenvalue weighted by molar-refractivity contribution is -0.121. The van der Waals surface area contributed by atoms with Crippen molar-refractivity contribution in [1.82, 2.24) is 13.9 Å². The fraction of sp³-hybridized carbons (Fsp3) is 0.350. The van der Waals surface area contributed by atoms with E-state index in [1.807, 2.05) is 12.1 Å². The average Bonchev–Trinajstić information content (AvgIpc) is 2.71. The Kier molecular flexibility index (Phi) is 6.83. The third kappa shape index (κ3) is 5.31. The predicted molar refractivity (Wildman–Crippen MR) is 107 cm³/mol. The van der Waals surface area contributed by atoms with Gasteiger partial charge >= 0.3 is 0 Å². The molecule has 1 N–H and O–H groups in total. The van der Waals surface area contributed by atoms with E-state index in [2.05, 4.69) is 5.32 Å². The second kappa shape index (κ2) is 9.34.